The summed E-state index contributed by atoms with van der Waals surface area (Å²) in [6.45, 7) is 1.72. The van der Waals surface area contributed by atoms with Crippen LogP contribution in [0.5, 0.6) is 5.75 Å². The Bertz CT molecular complexity index is 1330. The lowest BCUT2D eigenvalue weighted by atomic mass is 10.2. The Balaban J connectivity index is 1.42. The van der Waals surface area contributed by atoms with Crippen molar-refractivity contribution >= 4 is 39.4 Å². The SMILES string of the molecule is CC(=O)Oc1cccc(/C=C/C(=O)Nc2ccc(S(=O)(=O)N3CCc4ccccc43)cc2)c1. The van der Waals surface area contributed by atoms with E-state index in [-0.39, 0.29) is 10.8 Å². The lowest BCUT2D eigenvalue weighted by molar-refractivity contribution is -0.131. The number of esters is 1. The first-order valence-corrected chi connectivity index (χ1v) is 11.8. The number of para-hydroxylation sites is 1. The highest BCUT2D eigenvalue weighted by Crippen LogP contribution is 2.32. The van der Waals surface area contributed by atoms with Crippen molar-refractivity contribution in [2.24, 2.45) is 0 Å². The summed E-state index contributed by atoms with van der Waals surface area (Å²) in [5.74, 6) is -0.410. The number of ether oxygens (including phenoxy) is 1. The van der Waals surface area contributed by atoms with Crippen LogP contribution in [-0.2, 0) is 26.0 Å². The van der Waals surface area contributed by atoms with E-state index in [4.69, 9.17) is 4.74 Å². The van der Waals surface area contributed by atoms with E-state index in [0.29, 0.717) is 35.7 Å². The lowest BCUT2D eigenvalue weighted by Crippen LogP contribution is -2.29. The number of rotatable bonds is 6. The zero-order valence-electron chi connectivity index (χ0n) is 17.9. The number of carbonyl (C=O) groups is 2. The third kappa shape index (κ3) is 5.12. The summed E-state index contributed by atoms with van der Waals surface area (Å²) in [5.41, 5.74) is 2.88. The molecule has 0 atom stereocenters. The van der Waals surface area contributed by atoms with Crippen LogP contribution in [0.15, 0.2) is 83.8 Å². The molecule has 1 aliphatic heterocycles. The maximum atomic E-state index is 13.1. The molecule has 8 heteroatoms. The van der Waals surface area contributed by atoms with Crippen LogP contribution >= 0.6 is 0 Å². The maximum Gasteiger partial charge on any atom is 0.308 e. The van der Waals surface area contributed by atoms with Gasteiger partial charge in [0.05, 0.1) is 10.6 Å². The Kier molecular flexibility index (Phi) is 6.28. The molecule has 3 aromatic carbocycles. The van der Waals surface area contributed by atoms with Gasteiger partial charge in [-0.15, -0.1) is 0 Å². The Labute approximate surface area is 192 Å². The minimum atomic E-state index is -3.69. The molecule has 1 amide bonds. The van der Waals surface area contributed by atoms with E-state index >= 15 is 0 Å². The molecule has 1 heterocycles. The minimum absolute atomic E-state index is 0.162. The van der Waals surface area contributed by atoms with E-state index in [1.54, 1.807) is 42.5 Å². The molecule has 0 spiro atoms. The number of sulfonamides is 1. The van der Waals surface area contributed by atoms with Crippen molar-refractivity contribution < 1.29 is 22.7 Å². The molecule has 0 saturated carbocycles. The van der Waals surface area contributed by atoms with Gasteiger partial charge in [0.15, 0.2) is 0 Å². The van der Waals surface area contributed by atoms with E-state index in [0.717, 1.165) is 5.56 Å². The fourth-order valence-corrected chi connectivity index (χ4v) is 5.10. The van der Waals surface area contributed by atoms with Gasteiger partial charge in [0.25, 0.3) is 10.0 Å². The molecule has 0 saturated heterocycles. The van der Waals surface area contributed by atoms with Gasteiger partial charge in [0.1, 0.15) is 5.75 Å². The first-order chi connectivity index (χ1) is 15.8. The summed E-state index contributed by atoms with van der Waals surface area (Å²) in [6, 6.07) is 20.3. The molecule has 1 aliphatic rings. The van der Waals surface area contributed by atoms with E-state index in [1.165, 1.54) is 29.4 Å². The Hall–Kier alpha value is -3.91. The van der Waals surface area contributed by atoms with Gasteiger partial charge < -0.3 is 10.1 Å². The number of benzene rings is 3. The zero-order valence-corrected chi connectivity index (χ0v) is 18.7. The number of nitrogens with one attached hydrogen (secondary N) is 1. The molecule has 0 aliphatic carbocycles. The first kappa shape index (κ1) is 22.3. The molecule has 0 radical (unpaired) electrons. The Morgan fingerprint density at radius 3 is 2.52 bits per heavy atom. The van der Waals surface area contributed by atoms with Crippen LogP contribution in [0.25, 0.3) is 6.08 Å². The number of anilines is 2. The molecular formula is C25H22N2O5S. The van der Waals surface area contributed by atoms with Crippen molar-refractivity contribution in [1.82, 2.24) is 0 Å². The molecule has 7 nitrogen and oxygen atoms in total. The number of fused-ring (bicyclic) bond motifs is 1. The topological polar surface area (TPSA) is 92.8 Å². The monoisotopic (exact) mass is 462 g/mol. The molecule has 4 rings (SSSR count). The molecule has 3 aromatic rings. The summed E-state index contributed by atoms with van der Waals surface area (Å²) in [4.78, 5) is 23.5. The van der Waals surface area contributed by atoms with Crippen LogP contribution in [-0.4, -0.2) is 26.8 Å². The Morgan fingerprint density at radius 1 is 1.00 bits per heavy atom. The van der Waals surface area contributed by atoms with Crippen molar-refractivity contribution in [2.45, 2.75) is 18.2 Å². The largest absolute Gasteiger partial charge is 0.427 e. The second-order valence-electron chi connectivity index (χ2n) is 7.47. The van der Waals surface area contributed by atoms with Crippen LogP contribution in [0.3, 0.4) is 0 Å². The number of amides is 1. The van der Waals surface area contributed by atoms with Crippen LogP contribution in [0.4, 0.5) is 11.4 Å². The van der Waals surface area contributed by atoms with Gasteiger partial charge in [-0.25, -0.2) is 8.42 Å². The van der Waals surface area contributed by atoms with Gasteiger partial charge in [-0.2, -0.15) is 0 Å². The molecule has 168 valence electrons. The highest BCUT2D eigenvalue weighted by Gasteiger charge is 2.30. The average molecular weight is 463 g/mol. The normalized spacial score (nSPS) is 13.1. The zero-order chi connectivity index (χ0) is 23.4. The molecule has 0 bridgehead atoms. The lowest BCUT2D eigenvalue weighted by Gasteiger charge is -2.19. The molecule has 0 fully saturated rings. The predicted octanol–water partition coefficient (Wildman–Crippen LogP) is 4.02. The van der Waals surface area contributed by atoms with Gasteiger partial charge >= 0.3 is 5.97 Å². The average Bonchev–Trinajstić information content (AvgIpc) is 3.23. The molecule has 1 N–H and O–H groups in total. The van der Waals surface area contributed by atoms with E-state index in [2.05, 4.69) is 5.32 Å². The summed E-state index contributed by atoms with van der Waals surface area (Å²) < 4.78 is 32.6. The minimum Gasteiger partial charge on any atom is -0.427 e. The molecule has 0 unspecified atom stereocenters. The van der Waals surface area contributed by atoms with Crippen molar-refractivity contribution in [1.29, 1.82) is 0 Å². The Morgan fingerprint density at radius 2 is 1.76 bits per heavy atom. The number of hydrogen-bond acceptors (Lipinski definition) is 5. The van der Waals surface area contributed by atoms with E-state index in [9.17, 15) is 18.0 Å². The van der Waals surface area contributed by atoms with Crippen LogP contribution in [0.1, 0.15) is 18.1 Å². The molecular weight excluding hydrogens is 440 g/mol. The molecule has 33 heavy (non-hydrogen) atoms. The van der Waals surface area contributed by atoms with Crippen molar-refractivity contribution in [3.63, 3.8) is 0 Å². The van der Waals surface area contributed by atoms with Gasteiger partial charge in [0, 0.05) is 25.2 Å². The third-order valence-corrected chi connectivity index (χ3v) is 6.93. The second kappa shape index (κ2) is 9.30. The summed E-state index contributed by atoms with van der Waals surface area (Å²) in [6.07, 6.45) is 3.62. The number of nitrogens with zero attached hydrogens (tertiary/aromatic N) is 1. The number of hydrogen-bond donors (Lipinski definition) is 1. The van der Waals surface area contributed by atoms with Gasteiger partial charge in [-0.3, -0.25) is 13.9 Å². The van der Waals surface area contributed by atoms with E-state index < -0.39 is 16.0 Å². The van der Waals surface area contributed by atoms with Crippen molar-refractivity contribution in [2.75, 3.05) is 16.2 Å². The van der Waals surface area contributed by atoms with Gasteiger partial charge in [-0.1, -0.05) is 30.3 Å². The van der Waals surface area contributed by atoms with Crippen LogP contribution in [0, 0.1) is 0 Å². The summed E-state index contributed by atoms with van der Waals surface area (Å²) >= 11 is 0. The fraction of sp³-hybridized carbons (Fsp3) is 0.120. The van der Waals surface area contributed by atoms with Crippen LogP contribution in [0.2, 0.25) is 0 Å². The van der Waals surface area contributed by atoms with Crippen molar-refractivity contribution in [3.05, 3.63) is 90.0 Å². The van der Waals surface area contributed by atoms with E-state index in [1.807, 2.05) is 24.3 Å². The predicted molar refractivity (Wildman–Crippen MR) is 127 cm³/mol. The summed E-state index contributed by atoms with van der Waals surface area (Å²) in [7, 11) is -3.69. The molecule has 0 aromatic heterocycles. The highest BCUT2D eigenvalue weighted by molar-refractivity contribution is 7.92. The maximum absolute atomic E-state index is 13.1. The van der Waals surface area contributed by atoms with Crippen molar-refractivity contribution in [3.8, 4) is 5.75 Å². The first-order valence-electron chi connectivity index (χ1n) is 10.3. The van der Waals surface area contributed by atoms with Crippen LogP contribution < -0.4 is 14.4 Å². The van der Waals surface area contributed by atoms with Gasteiger partial charge in [0.2, 0.25) is 5.91 Å². The third-order valence-electron chi connectivity index (χ3n) is 5.10. The fourth-order valence-electron chi connectivity index (χ4n) is 3.60. The number of carbonyl (C=O) groups excluding carboxylic acids is 2. The summed E-state index contributed by atoms with van der Waals surface area (Å²) in [5, 5.41) is 2.70. The highest BCUT2D eigenvalue weighted by atomic mass is 32.2. The quantitative estimate of drug-likeness (QED) is 0.339. The smallest absolute Gasteiger partial charge is 0.308 e. The standard InChI is InChI=1S/C25H22N2O5S/c1-18(28)32-22-7-4-5-19(17-22)9-14-25(29)26-21-10-12-23(13-11-21)33(30,31)27-16-15-20-6-2-3-8-24(20)27/h2-14,17H,15-16H2,1H3,(H,26,29)/b14-9+. The van der Waals surface area contributed by atoms with Gasteiger partial charge in [-0.05, 0) is 66.1 Å². The second-order valence-corrected chi connectivity index (χ2v) is 9.33.